The van der Waals surface area contributed by atoms with Crippen LogP contribution in [0.15, 0.2) is 28.7 Å². The van der Waals surface area contributed by atoms with Gasteiger partial charge < -0.3 is 10.4 Å². The van der Waals surface area contributed by atoms with Gasteiger partial charge in [0.15, 0.2) is 0 Å². The van der Waals surface area contributed by atoms with E-state index in [0.29, 0.717) is 5.92 Å². The molecule has 14 heavy (non-hydrogen) atoms. The Balaban J connectivity index is 1.98. The number of halogens is 1. The lowest BCUT2D eigenvalue weighted by molar-refractivity contribution is 0.127. The molecule has 0 bridgehead atoms. The molecule has 0 aliphatic carbocycles. The van der Waals surface area contributed by atoms with Crippen LogP contribution >= 0.6 is 15.9 Å². The molecule has 1 heterocycles. The van der Waals surface area contributed by atoms with Crippen LogP contribution in [0.5, 0.6) is 0 Å². The molecule has 1 aromatic rings. The molecule has 1 aliphatic heterocycles. The van der Waals surface area contributed by atoms with Crippen LogP contribution in [0.2, 0.25) is 0 Å². The van der Waals surface area contributed by atoms with Crippen LogP contribution in [0.25, 0.3) is 0 Å². The highest BCUT2D eigenvalue weighted by atomic mass is 79.9. The Hall–Kier alpha value is -0.380. The van der Waals surface area contributed by atoms with Gasteiger partial charge in [0.25, 0.3) is 0 Å². The summed E-state index contributed by atoms with van der Waals surface area (Å²) in [6, 6.07) is 7.89. The van der Waals surface area contributed by atoms with Crippen LogP contribution in [-0.2, 0) is 0 Å². The van der Waals surface area contributed by atoms with Crippen molar-refractivity contribution >= 4 is 15.9 Å². The fourth-order valence-electron chi connectivity index (χ4n) is 1.68. The number of rotatable bonds is 3. The van der Waals surface area contributed by atoms with Gasteiger partial charge in [-0.05, 0) is 43.1 Å². The molecule has 1 aliphatic rings. The van der Waals surface area contributed by atoms with Gasteiger partial charge in [0.2, 0.25) is 0 Å². The Bertz CT molecular complexity index is 312. The first-order chi connectivity index (χ1) is 6.75. The maximum absolute atomic E-state index is 9.93. The maximum Gasteiger partial charge on any atom is 0.0794 e. The van der Waals surface area contributed by atoms with Crippen LogP contribution in [0, 0.1) is 5.92 Å². The molecule has 2 nitrogen and oxygen atoms in total. The van der Waals surface area contributed by atoms with E-state index >= 15 is 0 Å². The normalized spacial score (nSPS) is 19.0. The van der Waals surface area contributed by atoms with Gasteiger partial charge >= 0.3 is 0 Å². The van der Waals surface area contributed by atoms with Crippen molar-refractivity contribution in [1.29, 1.82) is 0 Å². The summed E-state index contributed by atoms with van der Waals surface area (Å²) in [5.41, 5.74) is 1.01. The monoisotopic (exact) mass is 255 g/mol. The average molecular weight is 256 g/mol. The van der Waals surface area contributed by atoms with Crippen molar-refractivity contribution in [2.24, 2.45) is 5.92 Å². The molecule has 76 valence electrons. The molecule has 0 spiro atoms. The second-order valence-corrected chi connectivity index (χ2v) is 4.75. The van der Waals surface area contributed by atoms with Gasteiger partial charge in [-0.15, -0.1) is 0 Å². The van der Waals surface area contributed by atoms with E-state index in [4.69, 9.17) is 0 Å². The lowest BCUT2D eigenvalue weighted by Gasteiger charge is -2.29. The fourth-order valence-corrected chi connectivity index (χ4v) is 2.10. The lowest BCUT2D eigenvalue weighted by Crippen LogP contribution is -2.42. The summed E-state index contributed by atoms with van der Waals surface area (Å²) in [6.07, 6.45) is 0.545. The Morgan fingerprint density at radius 2 is 2.29 bits per heavy atom. The van der Waals surface area contributed by atoms with Gasteiger partial charge in [-0.3, -0.25) is 0 Å². The average Bonchev–Trinajstić information content (AvgIpc) is 2.11. The zero-order chi connectivity index (χ0) is 9.97. The van der Waals surface area contributed by atoms with Crippen molar-refractivity contribution in [2.45, 2.75) is 12.5 Å². The minimum atomic E-state index is -0.320. The van der Waals surface area contributed by atoms with Gasteiger partial charge in [-0.2, -0.15) is 0 Å². The highest BCUT2D eigenvalue weighted by molar-refractivity contribution is 9.10. The van der Waals surface area contributed by atoms with Crippen molar-refractivity contribution < 1.29 is 5.11 Å². The van der Waals surface area contributed by atoms with Crippen molar-refractivity contribution in [1.82, 2.24) is 5.32 Å². The molecule has 0 amide bonds. The first-order valence-electron chi connectivity index (χ1n) is 4.90. The molecule has 0 radical (unpaired) electrons. The van der Waals surface area contributed by atoms with Crippen LogP contribution in [0.4, 0.5) is 0 Å². The van der Waals surface area contributed by atoms with Crippen LogP contribution in [0.3, 0.4) is 0 Å². The number of aliphatic hydroxyl groups excluding tert-OH is 1. The summed E-state index contributed by atoms with van der Waals surface area (Å²) in [7, 11) is 0. The predicted octanol–water partition coefficient (Wildman–Crippen LogP) is 2.09. The van der Waals surface area contributed by atoms with Crippen LogP contribution in [-0.4, -0.2) is 18.2 Å². The van der Waals surface area contributed by atoms with Gasteiger partial charge in [-0.25, -0.2) is 0 Å². The highest BCUT2D eigenvalue weighted by Gasteiger charge is 2.21. The molecule has 1 saturated heterocycles. The Morgan fingerprint density at radius 1 is 1.50 bits per heavy atom. The standard InChI is InChI=1S/C11H14BrNO/c12-10-3-1-2-9(5-10)11(14)4-8-6-13-7-8/h1-3,5,8,11,13-14H,4,6-7H2. The quantitative estimate of drug-likeness (QED) is 0.867. The van der Waals surface area contributed by atoms with Crippen molar-refractivity contribution in [3.05, 3.63) is 34.3 Å². The van der Waals surface area contributed by atoms with Gasteiger partial charge in [0, 0.05) is 4.47 Å². The Morgan fingerprint density at radius 3 is 2.86 bits per heavy atom. The zero-order valence-electron chi connectivity index (χ0n) is 7.91. The molecule has 1 unspecified atom stereocenters. The number of hydrogen-bond acceptors (Lipinski definition) is 2. The molecule has 1 atom stereocenters. The first kappa shape index (κ1) is 10.1. The molecule has 2 rings (SSSR count). The summed E-state index contributed by atoms with van der Waals surface area (Å²) in [5, 5.41) is 13.1. The SMILES string of the molecule is OC(CC1CNC1)c1cccc(Br)c1. The first-order valence-corrected chi connectivity index (χ1v) is 5.69. The minimum Gasteiger partial charge on any atom is -0.388 e. The molecule has 3 heteroatoms. The lowest BCUT2D eigenvalue weighted by atomic mass is 9.93. The molecule has 1 aromatic carbocycles. The number of benzene rings is 1. The Labute approximate surface area is 92.5 Å². The van der Waals surface area contributed by atoms with Gasteiger partial charge in [-0.1, -0.05) is 28.1 Å². The van der Waals surface area contributed by atoms with E-state index in [-0.39, 0.29) is 6.10 Å². The van der Waals surface area contributed by atoms with Crippen LogP contribution < -0.4 is 5.32 Å². The molecular weight excluding hydrogens is 242 g/mol. The highest BCUT2D eigenvalue weighted by Crippen LogP contribution is 2.25. The van der Waals surface area contributed by atoms with Gasteiger partial charge in [0.1, 0.15) is 0 Å². The van der Waals surface area contributed by atoms with E-state index in [1.807, 2.05) is 24.3 Å². The summed E-state index contributed by atoms with van der Waals surface area (Å²) in [4.78, 5) is 0. The molecular formula is C11H14BrNO. The summed E-state index contributed by atoms with van der Waals surface area (Å²) < 4.78 is 1.03. The van der Waals surface area contributed by atoms with Crippen molar-refractivity contribution in [2.75, 3.05) is 13.1 Å². The van der Waals surface area contributed by atoms with E-state index in [1.54, 1.807) is 0 Å². The molecule has 1 fully saturated rings. The minimum absolute atomic E-state index is 0.320. The summed E-state index contributed by atoms with van der Waals surface area (Å²) >= 11 is 3.40. The third-order valence-corrected chi connectivity index (χ3v) is 3.15. The number of nitrogens with one attached hydrogen (secondary N) is 1. The van der Waals surface area contributed by atoms with Crippen LogP contribution in [0.1, 0.15) is 18.1 Å². The van der Waals surface area contributed by atoms with E-state index in [0.717, 1.165) is 29.5 Å². The zero-order valence-corrected chi connectivity index (χ0v) is 9.50. The topological polar surface area (TPSA) is 32.3 Å². The van der Waals surface area contributed by atoms with E-state index in [9.17, 15) is 5.11 Å². The third-order valence-electron chi connectivity index (χ3n) is 2.66. The summed E-state index contributed by atoms with van der Waals surface area (Å²) in [5.74, 6) is 0.643. The maximum atomic E-state index is 9.93. The largest absolute Gasteiger partial charge is 0.388 e. The second-order valence-electron chi connectivity index (χ2n) is 3.83. The summed E-state index contributed by atoms with van der Waals surface area (Å²) in [6.45, 7) is 2.09. The smallest absolute Gasteiger partial charge is 0.0794 e. The fraction of sp³-hybridized carbons (Fsp3) is 0.455. The van der Waals surface area contributed by atoms with Crippen molar-refractivity contribution in [3.63, 3.8) is 0 Å². The van der Waals surface area contributed by atoms with Gasteiger partial charge in [0.05, 0.1) is 6.10 Å². The molecule has 2 N–H and O–H groups in total. The Kier molecular flexibility index (Phi) is 3.21. The van der Waals surface area contributed by atoms with E-state index < -0.39 is 0 Å². The third kappa shape index (κ3) is 2.35. The van der Waals surface area contributed by atoms with Crippen molar-refractivity contribution in [3.8, 4) is 0 Å². The number of hydrogen-bond donors (Lipinski definition) is 2. The molecule has 0 aromatic heterocycles. The molecule has 0 saturated carbocycles. The second kappa shape index (κ2) is 4.43. The predicted molar refractivity (Wildman–Crippen MR) is 60.1 cm³/mol. The van der Waals surface area contributed by atoms with E-state index in [1.165, 1.54) is 0 Å². The number of aliphatic hydroxyl groups is 1. The van der Waals surface area contributed by atoms with E-state index in [2.05, 4.69) is 21.2 Å².